The van der Waals surface area contributed by atoms with Gasteiger partial charge in [-0.25, -0.2) is 0 Å². The molecule has 0 aromatic rings. The topological polar surface area (TPSA) is 69.6 Å². The first kappa shape index (κ1) is 39.3. The number of rotatable bonds is 27. The van der Waals surface area contributed by atoms with Gasteiger partial charge in [0, 0.05) is 6.42 Å². The standard InChI is InChI=1S/C38H61NO3/c1-3-5-7-8-9-10-11-12-13-14-15-16-17-18-19-20-21-22-23-24-25-26-27-28-29-30-32-34-38(42)39-36(35-40)37(41)33-31-6-4-2/h5,7,9-10,12-13,15-16,18-19,21-22,24-25,27-28,36-37,40-41H,3-4,6,8,11,14,17,20,23,26,29-35H2,1-2H3,(H,39,42)/b7-5-,10-9-,13-12-,16-15-,19-18-,22-21-,25-24-,28-27-. The number of carbonyl (C=O) groups is 1. The van der Waals surface area contributed by atoms with Gasteiger partial charge in [-0.1, -0.05) is 130 Å². The number of hydrogen-bond acceptors (Lipinski definition) is 3. The second-order valence-electron chi connectivity index (χ2n) is 10.5. The van der Waals surface area contributed by atoms with Crippen LogP contribution in [0.2, 0.25) is 0 Å². The van der Waals surface area contributed by atoms with Crippen molar-refractivity contribution in [3.05, 3.63) is 97.2 Å². The molecule has 2 atom stereocenters. The maximum atomic E-state index is 12.1. The third-order valence-corrected chi connectivity index (χ3v) is 6.61. The molecule has 0 heterocycles. The number of allylic oxidation sites excluding steroid dienone is 16. The van der Waals surface area contributed by atoms with Crippen LogP contribution in [0.4, 0.5) is 0 Å². The minimum atomic E-state index is -0.680. The number of hydrogen-bond donors (Lipinski definition) is 3. The molecule has 0 aliphatic carbocycles. The highest BCUT2D eigenvalue weighted by atomic mass is 16.3. The number of nitrogens with one attached hydrogen (secondary N) is 1. The Morgan fingerprint density at radius 1 is 0.595 bits per heavy atom. The average molecular weight is 580 g/mol. The minimum absolute atomic E-state index is 0.0927. The van der Waals surface area contributed by atoms with E-state index in [-0.39, 0.29) is 12.5 Å². The third-order valence-electron chi connectivity index (χ3n) is 6.61. The third kappa shape index (κ3) is 28.8. The molecule has 1 amide bonds. The van der Waals surface area contributed by atoms with Crippen molar-refractivity contribution in [3.8, 4) is 0 Å². The Bertz CT molecular complexity index is 844. The van der Waals surface area contributed by atoms with E-state index >= 15 is 0 Å². The van der Waals surface area contributed by atoms with Crippen LogP contribution in [0.3, 0.4) is 0 Å². The molecule has 0 aromatic carbocycles. The predicted molar refractivity (Wildman–Crippen MR) is 183 cm³/mol. The van der Waals surface area contributed by atoms with Crippen LogP contribution in [0.1, 0.15) is 117 Å². The number of amides is 1. The maximum Gasteiger partial charge on any atom is 0.220 e. The molecular weight excluding hydrogens is 518 g/mol. The van der Waals surface area contributed by atoms with Crippen molar-refractivity contribution in [1.29, 1.82) is 0 Å². The lowest BCUT2D eigenvalue weighted by atomic mass is 10.0. The van der Waals surface area contributed by atoms with Gasteiger partial charge in [0.05, 0.1) is 18.8 Å². The Labute approximate surface area is 258 Å². The highest BCUT2D eigenvalue weighted by molar-refractivity contribution is 5.76. The summed E-state index contributed by atoms with van der Waals surface area (Å²) < 4.78 is 0. The highest BCUT2D eigenvalue weighted by Crippen LogP contribution is 2.08. The second-order valence-corrected chi connectivity index (χ2v) is 10.5. The van der Waals surface area contributed by atoms with Gasteiger partial charge < -0.3 is 15.5 Å². The van der Waals surface area contributed by atoms with Crippen molar-refractivity contribution in [1.82, 2.24) is 5.32 Å². The van der Waals surface area contributed by atoms with Gasteiger partial charge in [-0.15, -0.1) is 0 Å². The molecule has 0 radical (unpaired) electrons. The van der Waals surface area contributed by atoms with Crippen LogP contribution < -0.4 is 5.32 Å². The first-order valence-electron chi connectivity index (χ1n) is 16.4. The van der Waals surface area contributed by atoms with Crippen molar-refractivity contribution in [2.45, 2.75) is 129 Å². The SMILES string of the molecule is CC/C=C\C/C=C\C/C=C\C/C=C\C/C=C\C/C=C\C/C=C\C/C=C\CCCCC(=O)NC(CO)C(O)CCCCC. The molecule has 4 heteroatoms. The fourth-order valence-electron chi connectivity index (χ4n) is 4.08. The molecule has 236 valence electrons. The first-order valence-corrected chi connectivity index (χ1v) is 16.4. The molecule has 3 N–H and O–H groups in total. The molecule has 0 bridgehead atoms. The summed E-state index contributed by atoms with van der Waals surface area (Å²) >= 11 is 0. The van der Waals surface area contributed by atoms with E-state index in [0.29, 0.717) is 12.8 Å². The van der Waals surface area contributed by atoms with Crippen LogP contribution in [0.15, 0.2) is 97.2 Å². The van der Waals surface area contributed by atoms with Crippen LogP contribution in [-0.4, -0.2) is 34.9 Å². The average Bonchev–Trinajstić information content (AvgIpc) is 2.99. The first-order chi connectivity index (χ1) is 20.7. The van der Waals surface area contributed by atoms with E-state index in [1.807, 2.05) is 0 Å². The summed E-state index contributed by atoms with van der Waals surface area (Å²) in [5.41, 5.74) is 0. The number of aliphatic hydroxyl groups is 2. The molecule has 0 fully saturated rings. The Kier molecular flexibility index (Phi) is 30.7. The van der Waals surface area contributed by atoms with E-state index in [2.05, 4.69) is 116 Å². The lowest BCUT2D eigenvalue weighted by molar-refractivity contribution is -0.123. The van der Waals surface area contributed by atoms with Crippen molar-refractivity contribution in [3.63, 3.8) is 0 Å². The predicted octanol–water partition coefficient (Wildman–Crippen LogP) is 9.56. The molecule has 0 spiro atoms. The van der Waals surface area contributed by atoms with E-state index in [4.69, 9.17) is 0 Å². The Balaban J connectivity index is 3.72. The molecule has 0 saturated heterocycles. The van der Waals surface area contributed by atoms with Crippen molar-refractivity contribution >= 4 is 5.91 Å². The second kappa shape index (κ2) is 32.8. The van der Waals surface area contributed by atoms with Crippen molar-refractivity contribution in [2.24, 2.45) is 0 Å². The van der Waals surface area contributed by atoms with E-state index in [9.17, 15) is 15.0 Å². The monoisotopic (exact) mass is 579 g/mol. The fraction of sp³-hybridized carbons (Fsp3) is 0.553. The van der Waals surface area contributed by atoms with Gasteiger partial charge in [0.15, 0.2) is 0 Å². The Morgan fingerprint density at radius 2 is 1.02 bits per heavy atom. The van der Waals surface area contributed by atoms with E-state index in [1.165, 1.54) is 0 Å². The molecular formula is C38H61NO3. The summed E-state index contributed by atoms with van der Waals surface area (Å²) in [7, 11) is 0. The Hall–Kier alpha value is -2.69. The molecule has 2 unspecified atom stereocenters. The summed E-state index contributed by atoms with van der Waals surface area (Å²) in [5.74, 6) is -0.0927. The Morgan fingerprint density at radius 3 is 1.43 bits per heavy atom. The van der Waals surface area contributed by atoms with Gasteiger partial charge in [-0.2, -0.15) is 0 Å². The largest absolute Gasteiger partial charge is 0.394 e. The molecule has 0 aliphatic rings. The van der Waals surface area contributed by atoms with Gasteiger partial charge in [0.25, 0.3) is 0 Å². The molecule has 0 saturated carbocycles. The summed E-state index contributed by atoms with van der Waals surface area (Å²) in [4.78, 5) is 12.1. The number of carbonyl (C=O) groups excluding carboxylic acids is 1. The normalized spacial score (nSPS) is 14.5. The number of aliphatic hydroxyl groups excluding tert-OH is 2. The van der Waals surface area contributed by atoms with Crippen LogP contribution in [0.5, 0.6) is 0 Å². The zero-order valence-electron chi connectivity index (χ0n) is 26.7. The quantitative estimate of drug-likeness (QED) is 0.0670. The van der Waals surface area contributed by atoms with Crippen LogP contribution in [0.25, 0.3) is 0 Å². The number of unbranched alkanes of at least 4 members (excludes halogenated alkanes) is 4. The summed E-state index contributed by atoms with van der Waals surface area (Å²) in [6.07, 6.45) is 49.4. The maximum absolute atomic E-state index is 12.1. The van der Waals surface area contributed by atoms with Gasteiger partial charge in [0.1, 0.15) is 0 Å². The minimum Gasteiger partial charge on any atom is -0.394 e. The van der Waals surface area contributed by atoms with Crippen molar-refractivity contribution < 1.29 is 15.0 Å². The molecule has 0 aliphatic heterocycles. The van der Waals surface area contributed by atoms with E-state index in [0.717, 1.165) is 89.9 Å². The zero-order valence-corrected chi connectivity index (χ0v) is 26.7. The lowest BCUT2D eigenvalue weighted by Gasteiger charge is -2.22. The van der Waals surface area contributed by atoms with Gasteiger partial charge in [-0.05, 0) is 77.0 Å². The molecule has 0 aromatic heterocycles. The van der Waals surface area contributed by atoms with Gasteiger partial charge in [-0.3, -0.25) is 4.79 Å². The molecule has 42 heavy (non-hydrogen) atoms. The van der Waals surface area contributed by atoms with E-state index < -0.39 is 12.1 Å². The van der Waals surface area contributed by atoms with Crippen molar-refractivity contribution in [2.75, 3.05) is 6.61 Å². The van der Waals surface area contributed by atoms with E-state index in [1.54, 1.807) is 0 Å². The summed E-state index contributed by atoms with van der Waals surface area (Å²) in [5, 5.41) is 22.4. The van der Waals surface area contributed by atoms with Gasteiger partial charge >= 0.3 is 0 Å². The fourth-order valence-corrected chi connectivity index (χ4v) is 4.08. The van der Waals surface area contributed by atoms with Crippen LogP contribution in [0, 0.1) is 0 Å². The lowest BCUT2D eigenvalue weighted by Crippen LogP contribution is -2.45. The smallest absolute Gasteiger partial charge is 0.220 e. The summed E-state index contributed by atoms with van der Waals surface area (Å²) in [6.45, 7) is 4.04. The van der Waals surface area contributed by atoms with Crippen LogP contribution in [-0.2, 0) is 4.79 Å². The highest BCUT2D eigenvalue weighted by Gasteiger charge is 2.19. The molecule has 0 rings (SSSR count). The summed E-state index contributed by atoms with van der Waals surface area (Å²) in [6, 6.07) is -0.561. The van der Waals surface area contributed by atoms with Crippen LogP contribution >= 0.6 is 0 Å². The molecule has 4 nitrogen and oxygen atoms in total. The zero-order chi connectivity index (χ0) is 30.8. The van der Waals surface area contributed by atoms with Gasteiger partial charge in [0.2, 0.25) is 5.91 Å².